The van der Waals surface area contributed by atoms with E-state index in [-0.39, 0.29) is 29.7 Å². The zero-order chi connectivity index (χ0) is 16.4. The maximum absolute atomic E-state index is 12.4. The van der Waals surface area contributed by atoms with Crippen molar-refractivity contribution in [3.05, 3.63) is 48.0 Å². The number of nitrogens with one attached hydrogen (secondary N) is 1. The van der Waals surface area contributed by atoms with E-state index < -0.39 is 0 Å². The molecule has 0 aliphatic heterocycles. The van der Waals surface area contributed by atoms with E-state index in [9.17, 15) is 9.90 Å². The molecule has 0 heterocycles. The molecule has 1 saturated carbocycles. The third kappa shape index (κ3) is 3.54. The third-order valence-electron chi connectivity index (χ3n) is 4.74. The number of fused-ring (bicyclic) bond motifs is 1. The van der Waals surface area contributed by atoms with Crippen LogP contribution in [0.2, 0.25) is 0 Å². The fourth-order valence-electron chi connectivity index (χ4n) is 3.15. The first-order valence-electron chi connectivity index (χ1n) is 8.06. The van der Waals surface area contributed by atoms with Crippen LogP contribution in [0, 0.1) is 5.92 Å². The Morgan fingerprint density at radius 1 is 1.30 bits per heavy atom. The highest BCUT2D eigenvalue weighted by Gasteiger charge is 2.44. The highest BCUT2D eigenvalue weighted by Crippen LogP contribution is 2.48. The van der Waals surface area contributed by atoms with E-state index in [1.165, 1.54) is 16.3 Å². The van der Waals surface area contributed by atoms with E-state index in [1.54, 1.807) is 11.8 Å². The molecule has 4 unspecified atom stereocenters. The summed E-state index contributed by atoms with van der Waals surface area (Å²) in [7, 11) is 0. The van der Waals surface area contributed by atoms with Crippen molar-refractivity contribution in [1.82, 2.24) is 5.32 Å². The molecule has 2 N–H and O–H groups in total. The minimum Gasteiger partial charge on any atom is -0.395 e. The topological polar surface area (TPSA) is 49.3 Å². The predicted octanol–water partition coefficient (Wildman–Crippen LogP) is 3.17. The van der Waals surface area contributed by atoms with Crippen LogP contribution in [0.15, 0.2) is 42.5 Å². The molecule has 1 fully saturated rings. The van der Waals surface area contributed by atoms with Gasteiger partial charge in [-0.15, -0.1) is 0 Å². The Balaban J connectivity index is 1.64. The van der Waals surface area contributed by atoms with Gasteiger partial charge in [0.1, 0.15) is 0 Å². The van der Waals surface area contributed by atoms with E-state index in [0.717, 1.165) is 6.42 Å². The SMILES string of the molecule is CSC(CO)C(C)NC(=O)C1CC1c1ccc2ccccc2c1. The standard InChI is InChI=1S/C19H23NO2S/c1-12(18(11-21)23-2)20-19(22)17-10-16(17)15-8-7-13-5-3-4-6-14(13)9-15/h3-9,12,16-18,21H,10-11H2,1-2H3,(H,20,22). The van der Waals surface area contributed by atoms with Crippen molar-refractivity contribution in [2.45, 2.75) is 30.6 Å². The summed E-state index contributed by atoms with van der Waals surface area (Å²) in [5, 5.41) is 14.9. The molecule has 1 aliphatic carbocycles. The second kappa shape index (κ2) is 6.93. The average molecular weight is 329 g/mol. The number of hydrogen-bond donors (Lipinski definition) is 2. The number of rotatable bonds is 6. The van der Waals surface area contributed by atoms with Crippen LogP contribution in [0.3, 0.4) is 0 Å². The number of thioether (sulfide) groups is 1. The maximum Gasteiger partial charge on any atom is 0.223 e. The molecule has 0 saturated heterocycles. The molecule has 2 aromatic rings. The van der Waals surface area contributed by atoms with Crippen molar-refractivity contribution in [3.63, 3.8) is 0 Å². The molecule has 122 valence electrons. The molecule has 1 aliphatic rings. The van der Waals surface area contributed by atoms with Gasteiger partial charge < -0.3 is 10.4 Å². The molecule has 0 spiro atoms. The second-order valence-electron chi connectivity index (χ2n) is 6.31. The molecule has 4 heteroatoms. The van der Waals surface area contributed by atoms with Crippen LogP contribution in [-0.4, -0.2) is 35.2 Å². The van der Waals surface area contributed by atoms with Crippen molar-refractivity contribution in [2.24, 2.45) is 5.92 Å². The molecular formula is C19H23NO2S. The summed E-state index contributed by atoms with van der Waals surface area (Å²) in [5.74, 6) is 0.511. The number of aliphatic hydroxyl groups is 1. The molecule has 23 heavy (non-hydrogen) atoms. The normalized spacial score (nSPS) is 22.6. The lowest BCUT2D eigenvalue weighted by Gasteiger charge is -2.21. The van der Waals surface area contributed by atoms with E-state index >= 15 is 0 Å². The Hall–Kier alpha value is -1.52. The predicted molar refractivity (Wildman–Crippen MR) is 96.8 cm³/mol. The molecular weight excluding hydrogens is 306 g/mol. The van der Waals surface area contributed by atoms with E-state index in [1.807, 2.05) is 25.3 Å². The molecule has 3 nitrogen and oxygen atoms in total. The Labute approximate surface area is 141 Å². The molecule has 0 bridgehead atoms. The molecule has 1 amide bonds. The summed E-state index contributed by atoms with van der Waals surface area (Å²) in [6, 6.07) is 14.8. The first kappa shape index (κ1) is 16.3. The molecule has 2 aromatic carbocycles. The van der Waals surface area contributed by atoms with Gasteiger partial charge in [0.05, 0.1) is 6.61 Å². The Kier molecular flexibility index (Phi) is 4.93. The number of aliphatic hydroxyl groups excluding tert-OH is 1. The third-order valence-corrected chi connectivity index (χ3v) is 5.90. The van der Waals surface area contributed by atoms with Crippen molar-refractivity contribution < 1.29 is 9.90 Å². The number of hydrogen-bond acceptors (Lipinski definition) is 3. The highest BCUT2D eigenvalue weighted by molar-refractivity contribution is 7.99. The van der Waals surface area contributed by atoms with E-state index in [4.69, 9.17) is 0 Å². The van der Waals surface area contributed by atoms with Crippen molar-refractivity contribution >= 4 is 28.4 Å². The summed E-state index contributed by atoms with van der Waals surface area (Å²) in [4.78, 5) is 12.4. The number of carbonyl (C=O) groups is 1. The minimum absolute atomic E-state index is 0.0136. The van der Waals surface area contributed by atoms with Gasteiger partial charge in [-0.05, 0) is 41.9 Å². The summed E-state index contributed by atoms with van der Waals surface area (Å²) in [6.45, 7) is 2.05. The maximum atomic E-state index is 12.4. The van der Waals surface area contributed by atoms with Gasteiger partial charge in [-0.2, -0.15) is 11.8 Å². The largest absolute Gasteiger partial charge is 0.395 e. The Bertz CT molecular complexity index is 699. The van der Waals surface area contributed by atoms with Crippen molar-refractivity contribution in [2.75, 3.05) is 12.9 Å². The zero-order valence-corrected chi connectivity index (χ0v) is 14.3. The second-order valence-corrected chi connectivity index (χ2v) is 7.39. The van der Waals surface area contributed by atoms with Gasteiger partial charge in [-0.3, -0.25) is 4.79 Å². The fraction of sp³-hybridized carbons (Fsp3) is 0.421. The molecule has 0 aromatic heterocycles. The van der Waals surface area contributed by atoms with Crippen molar-refractivity contribution in [1.29, 1.82) is 0 Å². The van der Waals surface area contributed by atoms with Gasteiger partial charge in [0.25, 0.3) is 0 Å². The Morgan fingerprint density at radius 3 is 2.74 bits per heavy atom. The van der Waals surface area contributed by atoms with Crippen LogP contribution in [0.25, 0.3) is 10.8 Å². The van der Waals surface area contributed by atoms with Crippen LogP contribution in [0.4, 0.5) is 0 Å². The molecule has 4 atom stereocenters. The lowest BCUT2D eigenvalue weighted by molar-refractivity contribution is -0.123. The first-order chi connectivity index (χ1) is 11.1. The zero-order valence-electron chi connectivity index (χ0n) is 13.5. The summed E-state index contributed by atoms with van der Waals surface area (Å²) >= 11 is 1.59. The van der Waals surface area contributed by atoms with Gasteiger partial charge in [-0.1, -0.05) is 42.5 Å². The van der Waals surface area contributed by atoms with Crippen LogP contribution >= 0.6 is 11.8 Å². The van der Waals surface area contributed by atoms with E-state index in [0.29, 0.717) is 5.92 Å². The van der Waals surface area contributed by atoms with Gasteiger partial charge in [0, 0.05) is 17.2 Å². The van der Waals surface area contributed by atoms with Crippen LogP contribution in [0.1, 0.15) is 24.8 Å². The van der Waals surface area contributed by atoms with Crippen molar-refractivity contribution in [3.8, 4) is 0 Å². The summed E-state index contributed by atoms with van der Waals surface area (Å²) in [5.41, 5.74) is 1.25. The average Bonchev–Trinajstić information content (AvgIpc) is 3.36. The van der Waals surface area contributed by atoms with Crippen LogP contribution in [-0.2, 0) is 4.79 Å². The highest BCUT2D eigenvalue weighted by atomic mass is 32.2. The molecule has 3 rings (SSSR count). The van der Waals surface area contributed by atoms with Gasteiger partial charge >= 0.3 is 0 Å². The van der Waals surface area contributed by atoms with Crippen LogP contribution < -0.4 is 5.32 Å². The minimum atomic E-state index is -0.0136. The van der Waals surface area contributed by atoms with Gasteiger partial charge in [0.2, 0.25) is 5.91 Å². The fourth-order valence-corrected chi connectivity index (χ4v) is 3.78. The summed E-state index contributed by atoms with van der Waals surface area (Å²) < 4.78 is 0. The monoisotopic (exact) mass is 329 g/mol. The number of amides is 1. The van der Waals surface area contributed by atoms with Crippen LogP contribution in [0.5, 0.6) is 0 Å². The summed E-state index contributed by atoms with van der Waals surface area (Å²) in [6.07, 6.45) is 2.87. The number of benzene rings is 2. The lowest BCUT2D eigenvalue weighted by atomic mass is 10.0. The lowest BCUT2D eigenvalue weighted by Crippen LogP contribution is -2.42. The van der Waals surface area contributed by atoms with Gasteiger partial charge in [-0.25, -0.2) is 0 Å². The Morgan fingerprint density at radius 2 is 2.04 bits per heavy atom. The van der Waals surface area contributed by atoms with Gasteiger partial charge in [0.15, 0.2) is 0 Å². The quantitative estimate of drug-likeness (QED) is 0.856. The van der Waals surface area contributed by atoms with E-state index in [2.05, 4.69) is 35.6 Å². The number of carbonyl (C=O) groups excluding carboxylic acids is 1. The smallest absolute Gasteiger partial charge is 0.223 e. The molecule has 0 radical (unpaired) electrons. The first-order valence-corrected chi connectivity index (χ1v) is 9.35.